The topological polar surface area (TPSA) is 70.4 Å². The van der Waals surface area contributed by atoms with Crippen molar-refractivity contribution >= 4 is 17.3 Å². The first kappa shape index (κ1) is 18.7. The number of anilines is 2. The zero-order chi connectivity index (χ0) is 18.4. The Bertz CT molecular complexity index is 727. The molecule has 134 valence electrons. The van der Waals surface area contributed by atoms with E-state index in [1.54, 1.807) is 20.2 Å². The van der Waals surface area contributed by atoms with E-state index >= 15 is 0 Å². The van der Waals surface area contributed by atoms with Crippen LogP contribution in [0.2, 0.25) is 0 Å². The molecule has 0 unspecified atom stereocenters. The molecule has 0 spiro atoms. The van der Waals surface area contributed by atoms with Crippen LogP contribution in [0, 0.1) is 11.6 Å². The van der Waals surface area contributed by atoms with E-state index < -0.39 is 11.6 Å². The van der Waals surface area contributed by atoms with Crippen LogP contribution in [0.1, 0.15) is 15.9 Å². The molecule has 0 aromatic heterocycles. The van der Waals surface area contributed by atoms with Crippen molar-refractivity contribution in [3.8, 4) is 0 Å². The Morgan fingerprint density at radius 3 is 2.44 bits per heavy atom. The number of carbonyl (C=O) groups is 1. The van der Waals surface area contributed by atoms with Gasteiger partial charge in [0.15, 0.2) is 11.6 Å². The standard InChI is InChI=1S/C18H22F2N4O/c1-24(2)18(25)13-5-3-4-12(8-13)11-22-6-7-23-17-15(19)9-14(21)10-16(17)20/h3-5,8-10,22-23H,6-7,11,21H2,1-2H3. The first-order valence-corrected chi connectivity index (χ1v) is 7.88. The van der Waals surface area contributed by atoms with Crippen molar-refractivity contribution in [1.82, 2.24) is 10.2 Å². The highest BCUT2D eigenvalue weighted by molar-refractivity contribution is 5.94. The molecule has 4 N–H and O–H groups in total. The van der Waals surface area contributed by atoms with Gasteiger partial charge in [-0.1, -0.05) is 12.1 Å². The minimum atomic E-state index is -0.715. The highest BCUT2D eigenvalue weighted by Crippen LogP contribution is 2.21. The molecule has 0 saturated carbocycles. The van der Waals surface area contributed by atoms with Gasteiger partial charge in [-0.25, -0.2) is 8.78 Å². The van der Waals surface area contributed by atoms with Gasteiger partial charge >= 0.3 is 0 Å². The maximum absolute atomic E-state index is 13.6. The summed E-state index contributed by atoms with van der Waals surface area (Å²) in [7, 11) is 3.41. The zero-order valence-corrected chi connectivity index (χ0v) is 14.3. The molecule has 0 aliphatic heterocycles. The number of hydrogen-bond donors (Lipinski definition) is 3. The number of benzene rings is 2. The number of nitrogens with two attached hydrogens (primary N) is 1. The third kappa shape index (κ3) is 5.15. The molecule has 25 heavy (non-hydrogen) atoms. The first-order chi connectivity index (χ1) is 11.9. The van der Waals surface area contributed by atoms with Gasteiger partial charge in [-0.3, -0.25) is 4.79 Å². The lowest BCUT2D eigenvalue weighted by atomic mass is 10.1. The summed E-state index contributed by atoms with van der Waals surface area (Å²) in [4.78, 5) is 13.5. The molecule has 2 rings (SSSR count). The molecular weight excluding hydrogens is 326 g/mol. The van der Waals surface area contributed by atoms with Gasteiger partial charge in [0.1, 0.15) is 5.69 Å². The predicted molar refractivity (Wildman–Crippen MR) is 95.4 cm³/mol. The quantitative estimate of drug-likeness (QED) is 0.531. The lowest BCUT2D eigenvalue weighted by molar-refractivity contribution is 0.0827. The van der Waals surface area contributed by atoms with Crippen LogP contribution >= 0.6 is 0 Å². The van der Waals surface area contributed by atoms with Crippen LogP contribution in [0.4, 0.5) is 20.2 Å². The monoisotopic (exact) mass is 348 g/mol. The summed E-state index contributed by atoms with van der Waals surface area (Å²) >= 11 is 0. The molecular formula is C18H22F2N4O. The number of rotatable bonds is 7. The Hall–Kier alpha value is -2.67. The van der Waals surface area contributed by atoms with Crippen LogP contribution in [-0.2, 0) is 6.54 Å². The summed E-state index contributed by atoms with van der Waals surface area (Å²) in [6.45, 7) is 1.38. The van der Waals surface area contributed by atoms with Crippen LogP contribution in [-0.4, -0.2) is 38.0 Å². The molecule has 0 aliphatic carbocycles. The highest BCUT2D eigenvalue weighted by Gasteiger charge is 2.10. The van der Waals surface area contributed by atoms with Crippen molar-refractivity contribution < 1.29 is 13.6 Å². The average Bonchev–Trinajstić information content (AvgIpc) is 2.56. The number of carbonyl (C=O) groups excluding carboxylic acids is 1. The molecule has 0 radical (unpaired) electrons. The molecule has 0 heterocycles. The van der Waals surface area contributed by atoms with Crippen molar-refractivity contribution in [1.29, 1.82) is 0 Å². The van der Waals surface area contributed by atoms with Gasteiger partial charge in [0.25, 0.3) is 5.91 Å². The molecule has 2 aromatic carbocycles. The van der Waals surface area contributed by atoms with Gasteiger partial charge in [0.05, 0.1) is 0 Å². The second-order valence-corrected chi connectivity index (χ2v) is 5.86. The summed E-state index contributed by atoms with van der Waals surface area (Å²) in [6, 6.07) is 9.47. The van der Waals surface area contributed by atoms with E-state index in [0.29, 0.717) is 25.2 Å². The summed E-state index contributed by atoms with van der Waals surface area (Å²) in [6.07, 6.45) is 0. The Morgan fingerprint density at radius 1 is 1.12 bits per heavy atom. The number of hydrogen-bond acceptors (Lipinski definition) is 4. The molecule has 0 saturated heterocycles. The lowest BCUT2D eigenvalue weighted by Crippen LogP contribution is -2.23. The molecule has 0 atom stereocenters. The molecule has 2 aromatic rings. The third-order valence-corrected chi connectivity index (χ3v) is 3.58. The fraction of sp³-hybridized carbons (Fsp3) is 0.278. The summed E-state index contributed by atoms with van der Waals surface area (Å²) in [5.74, 6) is -1.49. The van der Waals surface area contributed by atoms with Crippen LogP contribution in [0.3, 0.4) is 0 Å². The minimum absolute atomic E-state index is 0.0471. The van der Waals surface area contributed by atoms with Crippen molar-refractivity contribution in [3.05, 3.63) is 59.2 Å². The van der Waals surface area contributed by atoms with E-state index in [4.69, 9.17) is 5.73 Å². The second-order valence-electron chi connectivity index (χ2n) is 5.86. The Kier molecular flexibility index (Phi) is 6.30. The largest absolute Gasteiger partial charge is 0.399 e. The van der Waals surface area contributed by atoms with Gasteiger partial charge in [0.2, 0.25) is 0 Å². The Labute approximate surface area is 145 Å². The van der Waals surface area contributed by atoms with Crippen molar-refractivity contribution in [2.24, 2.45) is 0 Å². The van der Waals surface area contributed by atoms with Crippen molar-refractivity contribution in [3.63, 3.8) is 0 Å². The highest BCUT2D eigenvalue weighted by atomic mass is 19.1. The number of nitrogens with zero attached hydrogens (tertiary/aromatic N) is 1. The van der Waals surface area contributed by atoms with E-state index in [2.05, 4.69) is 10.6 Å². The molecule has 0 bridgehead atoms. The van der Waals surface area contributed by atoms with E-state index in [9.17, 15) is 13.6 Å². The summed E-state index contributed by atoms with van der Waals surface area (Å²) < 4.78 is 27.3. The molecule has 0 aliphatic rings. The van der Waals surface area contributed by atoms with Crippen LogP contribution < -0.4 is 16.4 Å². The van der Waals surface area contributed by atoms with Crippen LogP contribution in [0.5, 0.6) is 0 Å². The van der Waals surface area contributed by atoms with E-state index in [-0.39, 0.29) is 17.3 Å². The maximum Gasteiger partial charge on any atom is 0.253 e. The van der Waals surface area contributed by atoms with Crippen LogP contribution in [0.25, 0.3) is 0 Å². The van der Waals surface area contributed by atoms with E-state index in [1.807, 2.05) is 18.2 Å². The molecule has 1 amide bonds. The minimum Gasteiger partial charge on any atom is -0.399 e. The van der Waals surface area contributed by atoms with Crippen molar-refractivity contribution in [2.45, 2.75) is 6.54 Å². The third-order valence-electron chi connectivity index (χ3n) is 3.58. The number of halogens is 2. The van der Waals surface area contributed by atoms with Gasteiger partial charge in [-0.15, -0.1) is 0 Å². The summed E-state index contributed by atoms with van der Waals surface area (Å²) in [5, 5.41) is 5.87. The number of amides is 1. The predicted octanol–water partition coefficient (Wildman–Crippen LogP) is 2.45. The second kappa shape index (κ2) is 8.43. The lowest BCUT2D eigenvalue weighted by Gasteiger charge is -2.12. The molecule has 5 nitrogen and oxygen atoms in total. The molecule has 7 heteroatoms. The van der Waals surface area contributed by atoms with Crippen molar-refractivity contribution in [2.75, 3.05) is 38.2 Å². The number of nitrogen functional groups attached to an aromatic ring is 1. The van der Waals surface area contributed by atoms with Gasteiger partial charge < -0.3 is 21.3 Å². The maximum atomic E-state index is 13.6. The van der Waals surface area contributed by atoms with Crippen LogP contribution in [0.15, 0.2) is 36.4 Å². The first-order valence-electron chi connectivity index (χ1n) is 7.88. The number of nitrogens with one attached hydrogen (secondary N) is 2. The summed E-state index contributed by atoms with van der Waals surface area (Å²) in [5.41, 5.74) is 6.81. The molecule has 0 fully saturated rings. The normalized spacial score (nSPS) is 10.6. The van der Waals surface area contributed by atoms with E-state index in [1.165, 1.54) is 4.90 Å². The fourth-order valence-electron chi connectivity index (χ4n) is 2.34. The smallest absolute Gasteiger partial charge is 0.253 e. The van der Waals surface area contributed by atoms with E-state index in [0.717, 1.165) is 17.7 Å². The SMILES string of the molecule is CN(C)C(=O)c1cccc(CNCCNc2c(F)cc(N)cc2F)c1. The fourth-order valence-corrected chi connectivity index (χ4v) is 2.34. The van der Waals surface area contributed by atoms with Gasteiger partial charge in [0, 0.05) is 45.0 Å². The Morgan fingerprint density at radius 2 is 1.80 bits per heavy atom. The average molecular weight is 348 g/mol. The van der Waals surface area contributed by atoms with Gasteiger partial charge in [-0.2, -0.15) is 0 Å². The Balaban J connectivity index is 1.82. The van der Waals surface area contributed by atoms with Gasteiger partial charge in [-0.05, 0) is 29.8 Å². The zero-order valence-electron chi connectivity index (χ0n) is 14.3.